The van der Waals surface area contributed by atoms with Gasteiger partial charge >= 0.3 is 18.1 Å². The Kier molecular flexibility index (Phi) is 7.26. The van der Waals surface area contributed by atoms with Crippen molar-refractivity contribution in [1.82, 2.24) is 0 Å². The second-order valence-electron chi connectivity index (χ2n) is 6.72. The molecule has 0 saturated carbocycles. The van der Waals surface area contributed by atoms with Gasteiger partial charge in [-0.3, -0.25) is 0 Å². The Morgan fingerprint density at radius 3 is 2.45 bits per heavy atom. The van der Waals surface area contributed by atoms with Gasteiger partial charge in [0, 0.05) is 11.6 Å². The summed E-state index contributed by atoms with van der Waals surface area (Å²) in [6.07, 6.45) is -2.38. The monoisotopic (exact) mass is 451 g/mol. The average Bonchev–Trinajstić information content (AvgIpc) is 2.81. The lowest BCUT2D eigenvalue weighted by molar-refractivity contribution is -0.182. The van der Waals surface area contributed by atoms with Gasteiger partial charge in [-0.15, -0.1) is 0 Å². The zero-order valence-corrected chi connectivity index (χ0v) is 17.0. The molecule has 166 valence electrons. The molecule has 0 bridgehead atoms. The van der Waals surface area contributed by atoms with E-state index in [4.69, 9.17) is 4.74 Å². The average molecular weight is 451 g/mol. The number of para-hydroxylation sites is 1. The lowest BCUT2D eigenvalue weighted by Crippen LogP contribution is -2.19. The molecular weight excluding hydrogens is 435 g/mol. The van der Waals surface area contributed by atoms with E-state index in [1.807, 2.05) is 6.07 Å². The molecule has 0 N–H and O–H groups in total. The van der Waals surface area contributed by atoms with Crippen LogP contribution in [0, 0.1) is 11.3 Å². The molecule has 3 aromatic carbocycles. The quantitative estimate of drug-likeness (QED) is 0.279. The van der Waals surface area contributed by atoms with Gasteiger partial charge in [-0.05, 0) is 41.5 Å². The molecular formula is C25H16F3NO4. The van der Waals surface area contributed by atoms with Crippen LogP contribution in [-0.2, 0) is 9.53 Å². The second kappa shape index (κ2) is 10.3. The summed E-state index contributed by atoms with van der Waals surface area (Å²) in [5.41, 5.74) is 2.04. The van der Waals surface area contributed by atoms with E-state index in [9.17, 15) is 28.0 Å². The van der Waals surface area contributed by atoms with Crippen LogP contribution in [-0.4, -0.2) is 24.7 Å². The van der Waals surface area contributed by atoms with E-state index in [1.165, 1.54) is 18.2 Å². The van der Waals surface area contributed by atoms with E-state index >= 15 is 0 Å². The van der Waals surface area contributed by atoms with Crippen molar-refractivity contribution >= 4 is 18.0 Å². The number of halogens is 3. The summed E-state index contributed by atoms with van der Waals surface area (Å²) in [4.78, 5) is 24.1. The van der Waals surface area contributed by atoms with Gasteiger partial charge in [0.15, 0.2) is 6.61 Å². The number of nitrogens with zero attached hydrogens (tertiary/aromatic N) is 1. The summed E-state index contributed by atoms with van der Waals surface area (Å²) in [7, 11) is 0. The molecule has 0 aliphatic rings. The molecule has 0 heterocycles. The molecule has 0 amide bonds. The Morgan fingerprint density at radius 1 is 0.970 bits per heavy atom. The molecule has 0 atom stereocenters. The van der Waals surface area contributed by atoms with Crippen molar-refractivity contribution in [2.75, 3.05) is 6.61 Å². The van der Waals surface area contributed by atoms with E-state index in [0.717, 1.165) is 6.08 Å². The molecule has 3 rings (SSSR count). The van der Waals surface area contributed by atoms with Crippen molar-refractivity contribution in [3.63, 3.8) is 0 Å². The zero-order chi connectivity index (χ0) is 23.8. The Bertz CT molecular complexity index is 1240. The highest BCUT2D eigenvalue weighted by Crippen LogP contribution is 2.31. The van der Waals surface area contributed by atoms with Crippen LogP contribution in [0.3, 0.4) is 0 Å². The molecule has 5 nitrogen and oxygen atoms in total. The van der Waals surface area contributed by atoms with Gasteiger partial charge in [0.1, 0.15) is 11.8 Å². The highest BCUT2D eigenvalue weighted by Gasteiger charge is 2.29. The van der Waals surface area contributed by atoms with Gasteiger partial charge < -0.3 is 9.47 Å². The van der Waals surface area contributed by atoms with E-state index < -0.39 is 24.7 Å². The number of hydrogen-bond acceptors (Lipinski definition) is 5. The summed E-state index contributed by atoms with van der Waals surface area (Å²) in [5.74, 6) is -1.56. The molecule has 0 aromatic heterocycles. The first kappa shape index (κ1) is 23.3. The third-order valence-corrected chi connectivity index (χ3v) is 4.34. The van der Waals surface area contributed by atoms with Gasteiger partial charge in [0.25, 0.3) is 0 Å². The third kappa shape index (κ3) is 6.55. The molecule has 0 fully saturated rings. The Balaban J connectivity index is 1.81. The number of esters is 2. The van der Waals surface area contributed by atoms with Gasteiger partial charge in [-0.1, -0.05) is 48.5 Å². The lowest BCUT2D eigenvalue weighted by atomic mass is 10.0. The minimum atomic E-state index is -4.60. The minimum absolute atomic E-state index is 0.129. The first-order chi connectivity index (χ1) is 15.8. The number of benzene rings is 3. The Labute approximate surface area is 187 Å². The van der Waals surface area contributed by atoms with E-state index in [1.54, 1.807) is 60.7 Å². The molecule has 0 saturated heterocycles. The Hall–Kier alpha value is -4.38. The summed E-state index contributed by atoms with van der Waals surface area (Å²) in [6.45, 7) is -1.66. The molecule has 33 heavy (non-hydrogen) atoms. The van der Waals surface area contributed by atoms with Crippen LogP contribution in [0.25, 0.3) is 17.2 Å². The zero-order valence-electron chi connectivity index (χ0n) is 17.0. The predicted octanol–water partition coefficient (Wildman–Crippen LogP) is 5.56. The second-order valence-corrected chi connectivity index (χ2v) is 6.72. The van der Waals surface area contributed by atoms with Gasteiger partial charge in [0.05, 0.1) is 11.1 Å². The molecule has 3 aromatic rings. The summed E-state index contributed by atoms with van der Waals surface area (Å²) in [6, 6.07) is 21.7. The number of carbonyl (C=O) groups is 2. The highest BCUT2D eigenvalue weighted by molar-refractivity contribution is 5.94. The number of rotatable bonds is 6. The van der Waals surface area contributed by atoms with Crippen molar-refractivity contribution in [2.45, 2.75) is 6.18 Å². The number of ether oxygens (including phenoxy) is 2. The van der Waals surface area contributed by atoms with Gasteiger partial charge in [0.2, 0.25) is 0 Å². The molecule has 0 spiro atoms. The molecule has 0 aliphatic carbocycles. The minimum Gasteiger partial charge on any atom is -0.453 e. The maximum atomic E-state index is 12.6. The first-order valence-corrected chi connectivity index (χ1v) is 9.59. The number of nitriles is 1. The number of hydrogen-bond donors (Lipinski definition) is 0. The van der Waals surface area contributed by atoms with Crippen molar-refractivity contribution in [2.24, 2.45) is 0 Å². The van der Waals surface area contributed by atoms with Crippen LogP contribution >= 0.6 is 0 Å². The maximum Gasteiger partial charge on any atom is 0.422 e. The fourth-order valence-corrected chi connectivity index (χ4v) is 2.88. The highest BCUT2D eigenvalue weighted by atomic mass is 19.4. The fourth-order valence-electron chi connectivity index (χ4n) is 2.88. The first-order valence-electron chi connectivity index (χ1n) is 9.59. The van der Waals surface area contributed by atoms with Crippen molar-refractivity contribution in [1.29, 1.82) is 5.26 Å². The fraction of sp³-hybridized carbons (Fsp3) is 0.0800. The van der Waals surface area contributed by atoms with Crippen LogP contribution < -0.4 is 4.74 Å². The summed E-state index contributed by atoms with van der Waals surface area (Å²) >= 11 is 0. The van der Waals surface area contributed by atoms with Crippen LogP contribution in [0.2, 0.25) is 0 Å². The lowest BCUT2D eigenvalue weighted by Gasteiger charge is -2.11. The Morgan fingerprint density at radius 2 is 1.70 bits per heavy atom. The molecule has 8 heteroatoms. The normalized spacial score (nSPS) is 11.1. The van der Waals surface area contributed by atoms with Gasteiger partial charge in [-0.25, -0.2) is 9.59 Å². The molecule has 0 aliphatic heterocycles. The predicted molar refractivity (Wildman–Crippen MR) is 114 cm³/mol. The molecule has 0 unspecified atom stereocenters. The summed E-state index contributed by atoms with van der Waals surface area (Å²) in [5, 5.41) is 9.21. The van der Waals surface area contributed by atoms with Crippen molar-refractivity contribution in [3.8, 4) is 22.9 Å². The molecule has 0 radical (unpaired) electrons. The number of carbonyl (C=O) groups excluding carboxylic acids is 2. The van der Waals surface area contributed by atoms with E-state index in [-0.39, 0.29) is 16.9 Å². The largest absolute Gasteiger partial charge is 0.453 e. The van der Waals surface area contributed by atoms with Crippen molar-refractivity contribution in [3.05, 3.63) is 95.6 Å². The van der Waals surface area contributed by atoms with Crippen LogP contribution in [0.4, 0.5) is 13.2 Å². The van der Waals surface area contributed by atoms with Crippen LogP contribution in [0.1, 0.15) is 21.5 Å². The van der Waals surface area contributed by atoms with E-state index in [0.29, 0.717) is 16.7 Å². The standard InChI is InChI=1S/C25H16F3NO4/c26-25(27,28)16-32-23(30)13-12-17-6-5-8-18(14-17)20-9-3-4-11-22(20)33-24(31)21-10-2-1-7-19(21)15-29/h1-14H,16H2/b13-12+. The van der Waals surface area contributed by atoms with Crippen molar-refractivity contribution < 1.29 is 32.2 Å². The van der Waals surface area contributed by atoms with E-state index in [2.05, 4.69) is 4.74 Å². The SMILES string of the molecule is N#Cc1ccccc1C(=O)Oc1ccccc1-c1cccc(/C=C/C(=O)OCC(F)(F)F)c1. The topological polar surface area (TPSA) is 76.4 Å². The third-order valence-electron chi connectivity index (χ3n) is 4.34. The van der Waals surface area contributed by atoms with Gasteiger partial charge in [-0.2, -0.15) is 18.4 Å². The maximum absolute atomic E-state index is 12.6. The van der Waals surface area contributed by atoms with Crippen LogP contribution in [0.15, 0.2) is 78.9 Å². The smallest absolute Gasteiger partial charge is 0.422 e. The van der Waals surface area contributed by atoms with Crippen LogP contribution in [0.5, 0.6) is 5.75 Å². The summed E-state index contributed by atoms with van der Waals surface area (Å²) < 4.78 is 46.1. The number of alkyl halides is 3.